The van der Waals surface area contributed by atoms with Crippen LogP contribution in [0.5, 0.6) is 0 Å². The topological polar surface area (TPSA) is 261 Å². The van der Waals surface area contributed by atoms with E-state index in [1.165, 1.54) is 17.2 Å². The Bertz CT molecular complexity index is 2590. The standard InChI is InChI=1S/C39H62FN11O11P2S2Si2/c1-39(2,3)68(7,8)21-56-29-24-18-58-63(53,65)61-28-23(59-35(26(28)40)50-16-22-10-9-11-42-32-25(22)33(50)46-19-45-32)17-57-64(54,66)62-30(29)36(60-24)51-20-47-27-31(41)48-37(49-34(27)51)43-12-13-44-38(52)55-14-15-67(4,5)6/h16,19-20,23-24,26,28-30,35-36H,9-15,17-18,21H2,1-8H3,(H,44,52)(H,53,65)(H,54,66)(H,42,45,46)(H3,41,43,48,49)/t23-,24-,26-,28-,29-,30?,35-,36-,63?,64?/m1/s1. The van der Waals surface area contributed by atoms with Crippen LogP contribution in [0.1, 0.15) is 45.2 Å². The SMILES string of the molecule is CC(C)(C)[Si](C)(C)CO[C@H]1C2OP(=O)(S)OC[C@H]3O[C@@H](n4cc5c6c(ncnc64)NCCC5)[C@H](F)[C@@H]3OP(=O)(S)OC[C@H]1O[C@H]2n1cnc2c(N)nc(NCCNC(=O)OCC[Si](C)(C)C)nc21. The minimum absolute atomic E-state index is 0.0297. The number of anilines is 3. The Balaban J connectivity index is 1.07. The van der Waals surface area contributed by atoms with E-state index in [9.17, 15) is 13.9 Å². The average Bonchev–Trinajstić information content (AvgIpc) is 3.96. The van der Waals surface area contributed by atoms with Crippen LogP contribution in [-0.2, 0) is 52.6 Å². The van der Waals surface area contributed by atoms with Crippen LogP contribution < -0.4 is 21.7 Å². The Kier molecular flexibility index (Phi) is 15.1. The summed E-state index contributed by atoms with van der Waals surface area (Å²) in [6, 6.07) is 0.844. The third kappa shape index (κ3) is 11.4. The molecule has 29 heteroatoms. The van der Waals surface area contributed by atoms with E-state index in [2.05, 4.69) is 119 Å². The summed E-state index contributed by atoms with van der Waals surface area (Å²) >= 11 is 8.74. The lowest BCUT2D eigenvalue weighted by Gasteiger charge is -2.38. The number of nitrogens with zero attached hydrogens (tertiary/aromatic N) is 7. The molecule has 0 spiro atoms. The van der Waals surface area contributed by atoms with Gasteiger partial charge in [0, 0.05) is 40.1 Å². The number of fused-ring (bicyclic) bond motifs is 4. The second-order valence-corrected chi connectivity index (χ2v) is 37.2. The number of ether oxygens (including phenoxy) is 4. The molecule has 0 aliphatic carbocycles. The zero-order valence-corrected chi connectivity index (χ0v) is 44.9. The number of carbonyl (C=O) groups is 1. The van der Waals surface area contributed by atoms with Gasteiger partial charge in [-0.3, -0.25) is 22.7 Å². The highest BCUT2D eigenvalue weighted by molar-refractivity contribution is 8.44. The van der Waals surface area contributed by atoms with Crippen molar-refractivity contribution in [2.75, 3.05) is 62.1 Å². The molecule has 0 aromatic carbocycles. The molecule has 376 valence electrons. The highest BCUT2D eigenvalue weighted by Crippen LogP contribution is 2.61. The number of carbonyl (C=O) groups excluding carboxylic acids is 1. The maximum Gasteiger partial charge on any atom is 0.407 e. The fourth-order valence-corrected chi connectivity index (χ4v) is 12.7. The number of imidazole rings is 1. The molecule has 4 aliphatic heterocycles. The second kappa shape index (κ2) is 19.9. The molecule has 4 aliphatic rings. The molecule has 4 aromatic rings. The van der Waals surface area contributed by atoms with Crippen LogP contribution in [0.3, 0.4) is 0 Å². The zero-order valence-electron chi connectivity index (χ0n) is 39.3. The van der Waals surface area contributed by atoms with Crippen molar-refractivity contribution >= 4 is 100 Å². The molecule has 68 heavy (non-hydrogen) atoms. The molecule has 0 radical (unpaired) electrons. The molecule has 2 bridgehead atoms. The fourth-order valence-electron chi connectivity index (χ4n) is 7.99. The van der Waals surface area contributed by atoms with Crippen molar-refractivity contribution in [3.05, 3.63) is 24.4 Å². The van der Waals surface area contributed by atoms with Crippen LogP contribution in [0.15, 0.2) is 18.9 Å². The molecule has 3 saturated heterocycles. The normalized spacial score (nSPS) is 30.5. The number of amides is 1. The molecule has 22 nitrogen and oxygen atoms in total. The quantitative estimate of drug-likeness (QED) is 0.0356. The van der Waals surface area contributed by atoms with Gasteiger partial charge in [-0.15, -0.1) is 0 Å². The average molecular weight is 1060 g/mol. The summed E-state index contributed by atoms with van der Waals surface area (Å²) < 4.78 is 97.8. The number of nitrogens with one attached hydrogen (secondary N) is 3. The van der Waals surface area contributed by atoms with Crippen LogP contribution in [0.2, 0.25) is 43.8 Å². The van der Waals surface area contributed by atoms with Crippen LogP contribution in [-0.4, -0.2) is 139 Å². The third-order valence-electron chi connectivity index (χ3n) is 12.9. The van der Waals surface area contributed by atoms with Gasteiger partial charge < -0.3 is 45.2 Å². The molecule has 8 heterocycles. The first-order chi connectivity index (χ1) is 31.9. The summed E-state index contributed by atoms with van der Waals surface area (Å²) in [5.74, 6) is 0.757. The largest absolute Gasteiger partial charge is 0.450 e. The smallest absolute Gasteiger partial charge is 0.407 e. The number of aromatic nitrogens is 7. The maximum absolute atomic E-state index is 16.9. The van der Waals surface area contributed by atoms with E-state index in [-0.39, 0.29) is 47.3 Å². The van der Waals surface area contributed by atoms with Gasteiger partial charge in [-0.25, -0.2) is 33.3 Å². The second-order valence-electron chi connectivity index (χ2n) is 20.2. The Labute approximate surface area is 406 Å². The van der Waals surface area contributed by atoms with Crippen LogP contribution in [0.25, 0.3) is 22.2 Å². The van der Waals surface area contributed by atoms with Gasteiger partial charge in [0.2, 0.25) is 5.95 Å². The first-order valence-electron chi connectivity index (χ1n) is 22.5. The van der Waals surface area contributed by atoms with Gasteiger partial charge in [0.1, 0.15) is 53.8 Å². The summed E-state index contributed by atoms with van der Waals surface area (Å²) in [5.41, 5.74) is 8.13. The van der Waals surface area contributed by atoms with Gasteiger partial charge in [0.05, 0.1) is 39.6 Å². The van der Waals surface area contributed by atoms with Gasteiger partial charge in [-0.1, -0.05) is 78.0 Å². The van der Waals surface area contributed by atoms with E-state index in [4.69, 9.17) is 42.8 Å². The van der Waals surface area contributed by atoms with E-state index < -0.39 is 98.2 Å². The summed E-state index contributed by atoms with van der Waals surface area (Å²) in [6.07, 6.45) is -5.04. The predicted molar refractivity (Wildman–Crippen MR) is 265 cm³/mol. The predicted octanol–water partition coefficient (Wildman–Crippen LogP) is 7.15. The van der Waals surface area contributed by atoms with Crippen molar-refractivity contribution in [2.45, 2.75) is 127 Å². The number of halogens is 1. The highest BCUT2D eigenvalue weighted by atomic mass is 32.7. The van der Waals surface area contributed by atoms with E-state index in [0.29, 0.717) is 31.0 Å². The molecule has 5 N–H and O–H groups in total. The van der Waals surface area contributed by atoms with E-state index in [1.807, 2.05) is 0 Å². The number of alkyl carbamates (subject to hydrolysis) is 1. The van der Waals surface area contributed by atoms with E-state index in [0.717, 1.165) is 23.4 Å². The Hall–Kier alpha value is -2.92. The number of nitrogens with two attached hydrogens (primary N) is 1. The third-order valence-corrected chi connectivity index (χ3v) is 22.8. The number of thiol groups is 2. The lowest BCUT2D eigenvalue weighted by molar-refractivity contribution is -0.0582. The number of hydrogen-bond acceptors (Lipinski definition) is 19. The number of rotatable bonds is 12. The molecule has 3 fully saturated rings. The number of alkyl halides is 1. The summed E-state index contributed by atoms with van der Waals surface area (Å²) in [4.78, 5) is 34.6. The van der Waals surface area contributed by atoms with Gasteiger partial charge in [-0.2, -0.15) is 9.97 Å². The summed E-state index contributed by atoms with van der Waals surface area (Å²) in [5, 5.41) is 9.68. The fraction of sp³-hybridized carbons (Fsp3) is 0.692. The molecular formula is C39H62FN11O11P2S2Si2. The minimum atomic E-state index is -4.45. The van der Waals surface area contributed by atoms with E-state index >= 15 is 4.39 Å². The molecule has 8 rings (SSSR count). The van der Waals surface area contributed by atoms with Crippen LogP contribution in [0, 0.1) is 0 Å². The van der Waals surface area contributed by atoms with Gasteiger partial charge in [-0.05, 0) is 29.5 Å². The Morgan fingerprint density at radius 3 is 2.40 bits per heavy atom. The first-order valence-corrected chi connectivity index (χ1v) is 34.8. The highest BCUT2D eigenvalue weighted by Gasteiger charge is 2.55. The first kappa shape index (κ1) is 51.4. The molecule has 3 unspecified atom stereocenters. The van der Waals surface area contributed by atoms with Crippen molar-refractivity contribution in [3.63, 3.8) is 0 Å². The van der Waals surface area contributed by atoms with Gasteiger partial charge >= 0.3 is 19.7 Å². The number of aryl methyl sites for hydroxylation is 1. The summed E-state index contributed by atoms with van der Waals surface area (Å²) in [6.45, 7) is 8.86. The van der Waals surface area contributed by atoms with Crippen molar-refractivity contribution in [2.24, 2.45) is 0 Å². The molecule has 0 saturated carbocycles. The van der Waals surface area contributed by atoms with E-state index in [1.54, 1.807) is 10.8 Å². The van der Waals surface area contributed by atoms with Gasteiger partial charge in [0.15, 0.2) is 30.1 Å². The minimum Gasteiger partial charge on any atom is -0.450 e. The number of nitrogen functional groups attached to an aromatic ring is 1. The van der Waals surface area contributed by atoms with Crippen molar-refractivity contribution in [3.8, 4) is 0 Å². The van der Waals surface area contributed by atoms with Crippen molar-refractivity contribution < 1.29 is 55.4 Å². The molecular weight excluding hydrogens is 1000 g/mol. The number of hydrogen-bond donors (Lipinski definition) is 6. The maximum atomic E-state index is 16.9. The Morgan fingerprint density at radius 2 is 1.68 bits per heavy atom. The van der Waals surface area contributed by atoms with Crippen LogP contribution in [0.4, 0.5) is 26.8 Å². The zero-order chi connectivity index (χ0) is 49.0. The molecule has 1 amide bonds. The van der Waals surface area contributed by atoms with Gasteiger partial charge in [0.25, 0.3) is 0 Å². The van der Waals surface area contributed by atoms with Crippen molar-refractivity contribution in [1.29, 1.82) is 0 Å². The monoisotopic (exact) mass is 1060 g/mol. The summed E-state index contributed by atoms with van der Waals surface area (Å²) in [7, 11) is -3.56. The Morgan fingerprint density at radius 1 is 0.971 bits per heavy atom. The molecule has 4 aromatic heterocycles. The lowest BCUT2D eigenvalue weighted by atomic mass is 10.1. The lowest BCUT2D eigenvalue weighted by Crippen LogP contribution is -2.47. The van der Waals surface area contributed by atoms with Crippen molar-refractivity contribution in [1.82, 2.24) is 39.4 Å². The molecule has 10 atom stereocenters. The van der Waals surface area contributed by atoms with Crippen LogP contribution >= 0.6 is 38.1 Å².